The summed E-state index contributed by atoms with van der Waals surface area (Å²) in [6.07, 6.45) is 5.63. The zero-order valence-corrected chi connectivity index (χ0v) is 15.8. The fourth-order valence-electron chi connectivity index (χ4n) is 3.94. The van der Waals surface area contributed by atoms with Crippen molar-refractivity contribution in [2.75, 3.05) is 5.32 Å². The molecule has 1 amide bonds. The Morgan fingerprint density at radius 2 is 2.00 bits per heavy atom. The molecule has 0 radical (unpaired) electrons. The minimum Gasteiger partial charge on any atom is -0.310 e. The Morgan fingerprint density at radius 1 is 1.20 bits per heavy atom. The van der Waals surface area contributed by atoms with E-state index in [1.54, 1.807) is 0 Å². The highest BCUT2D eigenvalue weighted by molar-refractivity contribution is 7.98. The molecule has 1 saturated carbocycles. The summed E-state index contributed by atoms with van der Waals surface area (Å²) in [7, 11) is 0. The average Bonchev–Trinajstić information content (AvgIpc) is 3.18. The molecule has 0 bridgehead atoms. The maximum Gasteiger partial charge on any atom is 0.228 e. The minimum atomic E-state index is 0.154. The van der Waals surface area contributed by atoms with Gasteiger partial charge in [0.1, 0.15) is 5.82 Å². The lowest BCUT2D eigenvalue weighted by molar-refractivity contribution is -0.120. The molecule has 4 nitrogen and oxygen atoms in total. The third kappa shape index (κ3) is 3.22. The number of hydrogen-bond acceptors (Lipinski definition) is 3. The summed E-state index contributed by atoms with van der Waals surface area (Å²) in [5, 5.41) is 8.08. The predicted octanol–water partition coefficient (Wildman–Crippen LogP) is 4.75. The lowest BCUT2D eigenvalue weighted by Gasteiger charge is -2.21. The van der Waals surface area contributed by atoms with E-state index in [4.69, 9.17) is 5.10 Å². The van der Waals surface area contributed by atoms with E-state index in [0.29, 0.717) is 0 Å². The minimum absolute atomic E-state index is 0.154. The molecule has 2 heterocycles. The lowest BCUT2D eigenvalue weighted by atomic mass is 9.88. The first kappa shape index (κ1) is 16.7. The first-order valence-electron chi connectivity index (χ1n) is 9.20. The molecule has 132 valence electrons. The number of aryl methyl sites for hydroxylation is 2. The van der Waals surface area contributed by atoms with Crippen molar-refractivity contribution in [1.82, 2.24) is 9.78 Å². The van der Waals surface area contributed by atoms with Crippen LogP contribution in [-0.2, 0) is 16.3 Å². The third-order valence-electron chi connectivity index (χ3n) is 5.35. The van der Waals surface area contributed by atoms with E-state index in [0.717, 1.165) is 41.5 Å². The molecule has 0 spiro atoms. The van der Waals surface area contributed by atoms with Crippen LogP contribution in [0, 0.1) is 19.8 Å². The number of rotatable bonds is 3. The first-order chi connectivity index (χ1) is 12.1. The molecule has 2 aliphatic rings. The molecule has 1 aliphatic carbocycles. The maximum absolute atomic E-state index is 12.8. The van der Waals surface area contributed by atoms with E-state index in [2.05, 4.69) is 37.4 Å². The van der Waals surface area contributed by atoms with Gasteiger partial charge in [0, 0.05) is 23.0 Å². The van der Waals surface area contributed by atoms with Crippen LogP contribution in [-0.4, -0.2) is 15.7 Å². The van der Waals surface area contributed by atoms with E-state index < -0.39 is 0 Å². The summed E-state index contributed by atoms with van der Waals surface area (Å²) in [6, 6.07) is 6.39. The molecule has 2 aromatic rings. The fraction of sp³-hybridized carbons (Fsp3) is 0.500. The van der Waals surface area contributed by atoms with Gasteiger partial charge in [-0.1, -0.05) is 37.0 Å². The van der Waals surface area contributed by atoms with Gasteiger partial charge in [-0.15, -0.1) is 0 Å². The topological polar surface area (TPSA) is 46.9 Å². The Bertz CT molecular complexity index is 806. The number of nitrogens with one attached hydrogen (secondary N) is 1. The second-order valence-corrected chi connectivity index (χ2v) is 8.28. The van der Waals surface area contributed by atoms with Gasteiger partial charge in [-0.05, 0) is 38.3 Å². The number of amides is 1. The van der Waals surface area contributed by atoms with Crippen LogP contribution in [0.25, 0.3) is 5.69 Å². The predicted molar refractivity (Wildman–Crippen MR) is 103 cm³/mol. The number of benzene rings is 1. The monoisotopic (exact) mass is 355 g/mol. The number of carbonyl (C=O) groups excluding carboxylic acids is 1. The van der Waals surface area contributed by atoms with E-state index >= 15 is 0 Å². The highest BCUT2D eigenvalue weighted by atomic mass is 32.2. The zero-order chi connectivity index (χ0) is 17.4. The number of hydrogen-bond donors (Lipinski definition) is 1. The zero-order valence-electron chi connectivity index (χ0n) is 15.0. The molecular weight excluding hydrogens is 330 g/mol. The Morgan fingerprint density at radius 3 is 2.76 bits per heavy atom. The van der Waals surface area contributed by atoms with Crippen LogP contribution in [0.4, 0.5) is 5.82 Å². The van der Waals surface area contributed by atoms with Gasteiger partial charge in [0.05, 0.1) is 11.4 Å². The summed E-state index contributed by atoms with van der Waals surface area (Å²) < 4.78 is 1.96. The van der Waals surface area contributed by atoms with Crippen LogP contribution < -0.4 is 5.32 Å². The number of thioether (sulfide) groups is 1. The van der Waals surface area contributed by atoms with Crippen molar-refractivity contribution in [3.8, 4) is 5.69 Å². The van der Waals surface area contributed by atoms with Crippen LogP contribution in [0.5, 0.6) is 0 Å². The Hall–Kier alpha value is -1.75. The molecule has 0 atom stereocenters. The number of fused-ring (bicyclic) bond motifs is 1. The molecule has 1 aromatic carbocycles. The van der Waals surface area contributed by atoms with Gasteiger partial charge in [-0.25, -0.2) is 4.68 Å². The molecule has 1 aliphatic heterocycles. The number of nitrogens with zero attached hydrogens (tertiary/aromatic N) is 2. The number of aromatic nitrogens is 2. The Balaban J connectivity index is 1.69. The summed E-state index contributed by atoms with van der Waals surface area (Å²) in [4.78, 5) is 12.8. The van der Waals surface area contributed by atoms with Crippen molar-refractivity contribution in [3.63, 3.8) is 0 Å². The van der Waals surface area contributed by atoms with Gasteiger partial charge in [0.15, 0.2) is 0 Å². The molecule has 0 unspecified atom stereocenters. The van der Waals surface area contributed by atoms with Gasteiger partial charge < -0.3 is 5.32 Å². The van der Waals surface area contributed by atoms with E-state index in [9.17, 15) is 4.79 Å². The molecule has 1 fully saturated rings. The summed E-state index contributed by atoms with van der Waals surface area (Å²) >= 11 is 1.87. The van der Waals surface area contributed by atoms with E-state index in [-0.39, 0.29) is 11.8 Å². The van der Waals surface area contributed by atoms with Crippen LogP contribution in [0.2, 0.25) is 0 Å². The smallest absolute Gasteiger partial charge is 0.228 e. The van der Waals surface area contributed by atoms with Crippen molar-refractivity contribution in [3.05, 3.63) is 40.6 Å². The highest BCUT2D eigenvalue weighted by Crippen LogP contribution is 2.37. The second kappa shape index (κ2) is 6.87. The average molecular weight is 356 g/mol. The lowest BCUT2D eigenvalue weighted by Crippen LogP contribution is -2.26. The van der Waals surface area contributed by atoms with Gasteiger partial charge in [0.2, 0.25) is 5.91 Å². The summed E-state index contributed by atoms with van der Waals surface area (Å²) in [5.41, 5.74) is 5.80. The van der Waals surface area contributed by atoms with Crippen LogP contribution >= 0.6 is 11.8 Å². The second-order valence-electron chi connectivity index (χ2n) is 7.29. The summed E-state index contributed by atoms with van der Waals surface area (Å²) in [6.45, 7) is 4.21. The molecule has 1 N–H and O–H groups in total. The van der Waals surface area contributed by atoms with Crippen molar-refractivity contribution in [2.45, 2.75) is 57.5 Å². The van der Waals surface area contributed by atoms with E-state index in [1.165, 1.54) is 36.0 Å². The van der Waals surface area contributed by atoms with Crippen molar-refractivity contribution >= 4 is 23.5 Å². The third-order valence-corrected chi connectivity index (χ3v) is 6.32. The Labute approximate surface area is 153 Å². The molecule has 4 rings (SSSR count). The van der Waals surface area contributed by atoms with E-state index in [1.807, 2.05) is 16.4 Å². The van der Waals surface area contributed by atoms with Crippen LogP contribution in [0.15, 0.2) is 18.2 Å². The van der Waals surface area contributed by atoms with Crippen molar-refractivity contribution < 1.29 is 4.79 Å². The van der Waals surface area contributed by atoms with Crippen LogP contribution in [0.3, 0.4) is 0 Å². The van der Waals surface area contributed by atoms with Crippen molar-refractivity contribution in [1.29, 1.82) is 0 Å². The summed E-state index contributed by atoms with van der Waals surface area (Å²) in [5.74, 6) is 3.08. The quantitative estimate of drug-likeness (QED) is 0.864. The SMILES string of the molecule is Cc1ccc(-n2nc3c(c2NC(=O)C2CCCCC2)CSC3)c(C)c1. The molecule has 0 saturated heterocycles. The standard InChI is InChI=1S/C20H25N3OS/c1-13-8-9-18(14(2)10-13)23-19(16-11-25-12-17(16)22-23)21-20(24)15-6-4-3-5-7-15/h8-10,15H,3-7,11-12H2,1-2H3,(H,21,24). The van der Waals surface area contributed by atoms with Gasteiger partial charge in [-0.2, -0.15) is 16.9 Å². The molecule has 1 aromatic heterocycles. The van der Waals surface area contributed by atoms with Crippen molar-refractivity contribution in [2.24, 2.45) is 5.92 Å². The molecular formula is C20H25N3OS. The molecule has 25 heavy (non-hydrogen) atoms. The van der Waals surface area contributed by atoms with Gasteiger partial charge in [0.25, 0.3) is 0 Å². The normalized spacial score (nSPS) is 17.5. The number of anilines is 1. The van der Waals surface area contributed by atoms with Gasteiger partial charge in [-0.3, -0.25) is 4.79 Å². The number of carbonyl (C=O) groups is 1. The van der Waals surface area contributed by atoms with Crippen LogP contribution in [0.1, 0.15) is 54.5 Å². The van der Waals surface area contributed by atoms with Gasteiger partial charge >= 0.3 is 0 Å². The Kier molecular flexibility index (Phi) is 4.59. The molecule has 5 heteroatoms. The maximum atomic E-state index is 12.8. The largest absolute Gasteiger partial charge is 0.310 e. The first-order valence-corrected chi connectivity index (χ1v) is 10.4. The fourth-order valence-corrected chi connectivity index (χ4v) is 4.98. The highest BCUT2D eigenvalue weighted by Gasteiger charge is 2.28.